The van der Waals surface area contributed by atoms with Crippen LogP contribution in [0.25, 0.3) is 0 Å². The molecule has 4 atom stereocenters. The smallest absolute Gasteiger partial charge is 0.173 e. The van der Waals surface area contributed by atoms with Gasteiger partial charge in [-0.15, -0.1) is 0 Å². The van der Waals surface area contributed by atoms with Crippen molar-refractivity contribution in [1.82, 2.24) is 0 Å². The first-order valence-electron chi connectivity index (χ1n) is 9.06. The van der Waals surface area contributed by atoms with Crippen molar-refractivity contribution in [3.05, 3.63) is 0 Å². The Kier molecular flexibility index (Phi) is 7.61. The van der Waals surface area contributed by atoms with E-state index in [4.69, 9.17) is 9.16 Å². The van der Waals surface area contributed by atoms with Crippen LogP contribution in [-0.4, -0.2) is 27.9 Å². The molecule has 0 aromatic rings. The molecule has 3 heteroatoms. The number of hydrogen-bond donors (Lipinski definition) is 0. The summed E-state index contributed by atoms with van der Waals surface area (Å²) in [5.74, 6) is 0.983. The van der Waals surface area contributed by atoms with Crippen LogP contribution in [0.2, 0.25) is 12.6 Å². The van der Waals surface area contributed by atoms with Crippen LogP contribution < -0.4 is 0 Å². The Morgan fingerprint density at radius 1 is 1.00 bits per heavy atom. The number of fused-ring (bicyclic) bond motifs is 1. The molecule has 0 amide bonds. The summed E-state index contributed by atoms with van der Waals surface area (Å²) in [5.41, 5.74) is 0. The Morgan fingerprint density at radius 3 is 2.50 bits per heavy atom. The third-order valence-electron chi connectivity index (χ3n) is 5.04. The van der Waals surface area contributed by atoms with E-state index in [1.54, 1.807) is 0 Å². The lowest BCUT2D eigenvalue weighted by molar-refractivity contribution is 0.341. The highest BCUT2D eigenvalue weighted by atomic mass is 28.3. The van der Waals surface area contributed by atoms with Crippen LogP contribution in [0.1, 0.15) is 71.1 Å². The van der Waals surface area contributed by atoms with E-state index < -0.39 is 9.04 Å². The molecule has 2 nitrogen and oxygen atoms in total. The quantitative estimate of drug-likeness (QED) is 0.314. The molecule has 20 heavy (non-hydrogen) atoms. The van der Waals surface area contributed by atoms with Gasteiger partial charge in [0.05, 0.1) is 12.2 Å². The standard InChI is InChI=1S/C17H34O2Si/c1-3-18-20(2)13-9-7-5-4-6-8-10-15-11-12-16-17(14-15)19-16/h15-17,20H,3-14H2,1-2H3. The van der Waals surface area contributed by atoms with Crippen LogP contribution in [-0.2, 0) is 9.16 Å². The number of ether oxygens (including phenoxy) is 1. The third-order valence-corrected chi connectivity index (χ3v) is 7.16. The van der Waals surface area contributed by atoms with Crippen LogP contribution in [0.4, 0.5) is 0 Å². The Labute approximate surface area is 127 Å². The molecule has 1 saturated carbocycles. The van der Waals surface area contributed by atoms with Gasteiger partial charge in [0.1, 0.15) is 0 Å². The lowest BCUT2D eigenvalue weighted by Gasteiger charge is -2.18. The van der Waals surface area contributed by atoms with Gasteiger partial charge in [0, 0.05) is 6.61 Å². The fraction of sp³-hybridized carbons (Fsp3) is 1.00. The Bertz CT molecular complexity index is 259. The monoisotopic (exact) mass is 298 g/mol. The second-order valence-electron chi connectivity index (χ2n) is 6.86. The van der Waals surface area contributed by atoms with Gasteiger partial charge in [-0.1, -0.05) is 44.9 Å². The van der Waals surface area contributed by atoms with Gasteiger partial charge in [0.15, 0.2) is 9.04 Å². The van der Waals surface area contributed by atoms with Gasteiger partial charge in [0.2, 0.25) is 0 Å². The molecule has 2 rings (SSSR count). The summed E-state index contributed by atoms with van der Waals surface area (Å²) >= 11 is 0. The zero-order valence-corrected chi connectivity index (χ0v) is 14.8. The van der Waals surface area contributed by atoms with Crippen molar-refractivity contribution < 1.29 is 9.16 Å². The van der Waals surface area contributed by atoms with Crippen molar-refractivity contribution in [2.75, 3.05) is 6.61 Å². The number of rotatable bonds is 11. The number of unbranched alkanes of at least 4 members (excludes halogenated alkanes) is 5. The summed E-state index contributed by atoms with van der Waals surface area (Å²) in [5, 5.41) is 0. The van der Waals surface area contributed by atoms with E-state index in [1.165, 1.54) is 70.3 Å². The minimum Gasteiger partial charge on any atom is -0.421 e. The fourth-order valence-electron chi connectivity index (χ4n) is 3.69. The molecule has 0 radical (unpaired) electrons. The Morgan fingerprint density at radius 2 is 1.75 bits per heavy atom. The highest BCUT2D eigenvalue weighted by Gasteiger charge is 2.43. The van der Waals surface area contributed by atoms with Crippen molar-refractivity contribution in [3.63, 3.8) is 0 Å². The van der Waals surface area contributed by atoms with E-state index in [9.17, 15) is 0 Å². The van der Waals surface area contributed by atoms with Crippen LogP contribution in [0.3, 0.4) is 0 Å². The summed E-state index contributed by atoms with van der Waals surface area (Å²) < 4.78 is 11.3. The van der Waals surface area contributed by atoms with E-state index in [-0.39, 0.29) is 0 Å². The number of epoxide rings is 1. The predicted octanol–water partition coefficient (Wildman–Crippen LogP) is 4.67. The summed E-state index contributed by atoms with van der Waals surface area (Å²) in [7, 11) is -0.801. The van der Waals surface area contributed by atoms with Gasteiger partial charge >= 0.3 is 0 Å². The molecule has 0 N–H and O–H groups in total. The van der Waals surface area contributed by atoms with Crippen LogP contribution >= 0.6 is 0 Å². The summed E-state index contributed by atoms with van der Waals surface area (Å²) in [6.07, 6.45) is 15.5. The topological polar surface area (TPSA) is 21.8 Å². The maximum Gasteiger partial charge on any atom is 0.173 e. The fourth-order valence-corrected chi connectivity index (χ4v) is 5.29. The molecular weight excluding hydrogens is 264 g/mol. The molecule has 2 fully saturated rings. The Hall–Kier alpha value is 0.137. The van der Waals surface area contributed by atoms with Crippen LogP contribution in [0.5, 0.6) is 0 Å². The summed E-state index contributed by atoms with van der Waals surface area (Å²) in [6.45, 7) is 5.37. The largest absolute Gasteiger partial charge is 0.421 e. The minimum absolute atomic E-state index is 0.672. The lowest BCUT2D eigenvalue weighted by atomic mass is 9.85. The van der Waals surface area contributed by atoms with E-state index in [0.29, 0.717) is 12.2 Å². The molecule has 118 valence electrons. The average Bonchev–Trinajstić information content (AvgIpc) is 3.20. The first kappa shape index (κ1) is 16.5. The van der Waals surface area contributed by atoms with Gasteiger partial charge in [0.25, 0.3) is 0 Å². The highest BCUT2D eigenvalue weighted by Crippen LogP contribution is 2.41. The van der Waals surface area contributed by atoms with E-state index in [1.807, 2.05) is 0 Å². The van der Waals surface area contributed by atoms with Gasteiger partial charge in [-0.3, -0.25) is 0 Å². The van der Waals surface area contributed by atoms with Gasteiger partial charge < -0.3 is 9.16 Å². The van der Waals surface area contributed by atoms with Gasteiger partial charge in [-0.25, -0.2) is 0 Å². The molecule has 0 bridgehead atoms. The van der Waals surface area contributed by atoms with Crippen molar-refractivity contribution in [1.29, 1.82) is 0 Å². The third kappa shape index (κ3) is 6.27. The number of hydrogen-bond acceptors (Lipinski definition) is 2. The molecule has 1 saturated heterocycles. The molecule has 1 heterocycles. The minimum atomic E-state index is -0.801. The molecule has 0 spiro atoms. The van der Waals surface area contributed by atoms with E-state index in [2.05, 4.69) is 13.5 Å². The van der Waals surface area contributed by atoms with Gasteiger partial charge in [-0.2, -0.15) is 0 Å². The second kappa shape index (κ2) is 9.21. The lowest BCUT2D eigenvalue weighted by Crippen LogP contribution is -2.13. The SMILES string of the molecule is CCO[SiH](C)CCCCCCCCC1CCC2OC2C1. The van der Waals surface area contributed by atoms with Crippen molar-refractivity contribution in [2.24, 2.45) is 5.92 Å². The first-order chi connectivity index (χ1) is 9.79. The van der Waals surface area contributed by atoms with Crippen molar-refractivity contribution in [2.45, 2.75) is 95.9 Å². The zero-order valence-electron chi connectivity index (χ0n) is 13.6. The maximum absolute atomic E-state index is 5.69. The molecule has 2 aliphatic rings. The molecular formula is C17H34O2Si. The predicted molar refractivity (Wildman–Crippen MR) is 87.8 cm³/mol. The van der Waals surface area contributed by atoms with Crippen molar-refractivity contribution in [3.8, 4) is 0 Å². The molecule has 0 aromatic heterocycles. The first-order valence-corrected chi connectivity index (χ1v) is 11.5. The van der Waals surface area contributed by atoms with Crippen LogP contribution in [0.15, 0.2) is 0 Å². The average molecular weight is 299 g/mol. The molecule has 1 aliphatic carbocycles. The highest BCUT2D eigenvalue weighted by molar-refractivity contribution is 6.50. The van der Waals surface area contributed by atoms with E-state index in [0.717, 1.165) is 12.5 Å². The Balaban J connectivity index is 1.33. The van der Waals surface area contributed by atoms with E-state index >= 15 is 0 Å². The summed E-state index contributed by atoms with van der Waals surface area (Å²) in [4.78, 5) is 0. The molecule has 0 aromatic carbocycles. The maximum atomic E-state index is 5.69. The van der Waals surface area contributed by atoms with Gasteiger partial charge in [-0.05, 0) is 44.7 Å². The zero-order chi connectivity index (χ0) is 14.2. The van der Waals surface area contributed by atoms with Crippen molar-refractivity contribution >= 4 is 9.04 Å². The second-order valence-corrected chi connectivity index (χ2v) is 9.39. The van der Waals surface area contributed by atoms with Crippen LogP contribution in [0, 0.1) is 5.92 Å². The molecule has 1 aliphatic heterocycles. The normalized spacial score (nSPS) is 30.0. The summed E-state index contributed by atoms with van der Waals surface area (Å²) in [6, 6.07) is 1.37. The molecule has 4 unspecified atom stereocenters.